The van der Waals surface area contributed by atoms with Gasteiger partial charge in [0, 0.05) is 28.9 Å². The topological polar surface area (TPSA) is 118 Å². The van der Waals surface area contributed by atoms with Crippen molar-refractivity contribution in [2.75, 3.05) is 17.2 Å². The average Bonchev–Trinajstić information content (AvgIpc) is 3.56. The van der Waals surface area contributed by atoms with E-state index < -0.39 is 24.0 Å². The number of hydrazine groups is 1. The molecule has 12 heteroatoms. The van der Waals surface area contributed by atoms with Crippen molar-refractivity contribution in [3.8, 4) is 6.07 Å². The molecule has 3 heterocycles. The van der Waals surface area contributed by atoms with Crippen LogP contribution in [-0.2, 0) is 0 Å². The smallest absolute Gasteiger partial charge is 0.263 e. The maximum atomic E-state index is 13.9. The molecule has 1 unspecified atom stereocenters. The van der Waals surface area contributed by atoms with Crippen LogP contribution in [0.25, 0.3) is 10.9 Å². The third kappa shape index (κ3) is 5.32. The number of nitriles is 1. The number of rotatable bonds is 8. The standard InChI is InChI=1S/C27H30F3N9/c1-15-18(5-6-21(28)35-15)23(20-12-39(38-37-20)27(7-8-27)25(29)30)36-17-9-16(11-31)22-19(10-17)24(34-14-33-22)32-13-26(2,3)4/h5-6,9-10,12,14,23,25,36-38H,7-8,13H2,1-4H3,(H,32,33,34)/p+1. The Morgan fingerprint density at radius 3 is 2.64 bits per heavy atom. The molecule has 2 aliphatic rings. The molecule has 0 saturated heterocycles. The third-order valence-corrected chi connectivity index (χ3v) is 6.99. The summed E-state index contributed by atoms with van der Waals surface area (Å²) in [7, 11) is 0. The number of pyridine rings is 1. The van der Waals surface area contributed by atoms with Gasteiger partial charge in [0.1, 0.15) is 29.8 Å². The zero-order valence-electron chi connectivity index (χ0n) is 22.2. The zero-order chi connectivity index (χ0) is 27.9. The second kappa shape index (κ2) is 9.98. The number of halogens is 3. The first kappa shape index (κ1) is 26.6. The number of hydrogen-bond acceptors (Lipinski definition) is 8. The maximum Gasteiger partial charge on any atom is 0.263 e. The van der Waals surface area contributed by atoms with Crippen molar-refractivity contribution in [1.29, 1.82) is 5.26 Å². The molecule has 39 heavy (non-hydrogen) atoms. The van der Waals surface area contributed by atoms with Crippen molar-refractivity contribution in [2.24, 2.45) is 5.41 Å². The first-order chi connectivity index (χ1) is 18.5. The Bertz CT molecular complexity index is 1470. The van der Waals surface area contributed by atoms with E-state index in [9.17, 15) is 18.4 Å². The number of quaternary nitrogens is 1. The van der Waals surface area contributed by atoms with Crippen LogP contribution >= 0.6 is 0 Å². The molecule has 5 rings (SSSR count). The van der Waals surface area contributed by atoms with Crippen LogP contribution < -0.4 is 21.6 Å². The first-order valence-corrected chi connectivity index (χ1v) is 12.7. The van der Waals surface area contributed by atoms with Crippen LogP contribution in [-0.4, -0.2) is 38.5 Å². The molecule has 204 valence electrons. The highest BCUT2D eigenvalue weighted by molar-refractivity contribution is 5.95. The Hall–Kier alpha value is -3.95. The van der Waals surface area contributed by atoms with Crippen molar-refractivity contribution in [3.63, 3.8) is 0 Å². The minimum atomic E-state index is -2.51. The third-order valence-electron chi connectivity index (χ3n) is 6.99. The maximum absolute atomic E-state index is 13.9. The van der Waals surface area contributed by atoms with Gasteiger partial charge in [-0.15, -0.1) is 0 Å². The SMILES string of the molecule is Cc1nc(F)ccc1C(Nc1cc(C#N)c2ncnc(NCC(C)(C)C)c2c1)C1=CN(C2(C(F)F)CC2)N[NH2+]1. The fraction of sp³-hybridized carbons (Fsp3) is 0.407. The van der Waals surface area contributed by atoms with Crippen LogP contribution in [0.1, 0.15) is 56.5 Å². The lowest BCUT2D eigenvalue weighted by Gasteiger charge is -2.23. The molecule has 1 saturated carbocycles. The number of nitrogens with zero attached hydrogens (tertiary/aromatic N) is 5. The Morgan fingerprint density at radius 1 is 1.23 bits per heavy atom. The van der Waals surface area contributed by atoms with Gasteiger partial charge in [-0.2, -0.15) is 9.65 Å². The number of aromatic nitrogens is 3. The van der Waals surface area contributed by atoms with Crippen LogP contribution in [0.2, 0.25) is 0 Å². The van der Waals surface area contributed by atoms with Gasteiger partial charge in [-0.3, -0.25) is 5.01 Å². The number of alkyl halides is 2. The average molecular weight is 539 g/mol. The molecular formula is C27H31F3N9+. The van der Waals surface area contributed by atoms with E-state index in [2.05, 4.69) is 58.0 Å². The van der Waals surface area contributed by atoms with E-state index in [1.165, 1.54) is 17.4 Å². The summed E-state index contributed by atoms with van der Waals surface area (Å²) in [6.07, 6.45) is 1.33. The van der Waals surface area contributed by atoms with Gasteiger partial charge in [-0.25, -0.2) is 29.2 Å². The van der Waals surface area contributed by atoms with Crippen molar-refractivity contribution >= 4 is 22.4 Å². The van der Waals surface area contributed by atoms with Gasteiger partial charge in [-0.1, -0.05) is 32.4 Å². The van der Waals surface area contributed by atoms with Crippen molar-refractivity contribution in [3.05, 3.63) is 65.3 Å². The summed E-state index contributed by atoms with van der Waals surface area (Å²) in [4.78, 5) is 12.7. The highest BCUT2D eigenvalue weighted by Gasteiger charge is 2.57. The molecule has 5 N–H and O–H groups in total. The van der Waals surface area contributed by atoms with Gasteiger partial charge >= 0.3 is 0 Å². The van der Waals surface area contributed by atoms with Gasteiger partial charge in [0.15, 0.2) is 5.70 Å². The van der Waals surface area contributed by atoms with E-state index >= 15 is 0 Å². The molecule has 0 spiro atoms. The number of aryl methyl sites for hydroxylation is 1. The van der Waals surface area contributed by atoms with E-state index in [1.54, 1.807) is 30.7 Å². The van der Waals surface area contributed by atoms with Gasteiger partial charge in [0.25, 0.3) is 6.43 Å². The highest BCUT2D eigenvalue weighted by Crippen LogP contribution is 2.46. The van der Waals surface area contributed by atoms with E-state index in [0.29, 0.717) is 64.3 Å². The number of anilines is 2. The van der Waals surface area contributed by atoms with E-state index in [1.807, 2.05) is 6.07 Å². The zero-order valence-corrected chi connectivity index (χ0v) is 22.2. The molecule has 3 aromatic rings. The number of fused-ring (bicyclic) bond motifs is 1. The molecule has 1 atom stereocenters. The lowest BCUT2D eigenvalue weighted by molar-refractivity contribution is -0.681. The van der Waals surface area contributed by atoms with Crippen molar-refractivity contribution < 1.29 is 18.6 Å². The van der Waals surface area contributed by atoms with E-state index in [4.69, 9.17) is 0 Å². The molecular weight excluding hydrogens is 507 g/mol. The fourth-order valence-electron chi connectivity index (χ4n) is 4.65. The number of hydrogen-bond donors (Lipinski definition) is 4. The predicted molar refractivity (Wildman–Crippen MR) is 140 cm³/mol. The van der Waals surface area contributed by atoms with E-state index in [-0.39, 0.29) is 5.41 Å². The van der Waals surface area contributed by atoms with Crippen LogP contribution in [0.3, 0.4) is 0 Å². The first-order valence-electron chi connectivity index (χ1n) is 12.7. The van der Waals surface area contributed by atoms with Crippen LogP contribution in [0.5, 0.6) is 0 Å². The molecule has 1 aliphatic carbocycles. The summed E-state index contributed by atoms with van der Waals surface area (Å²) >= 11 is 0. The minimum Gasteiger partial charge on any atom is -0.370 e. The summed E-state index contributed by atoms with van der Waals surface area (Å²) in [5.74, 6) is -0.0173. The van der Waals surface area contributed by atoms with Crippen LogP contribution in [0, 0.1) is 29.6 Å². The van der Waals surface area contributed by atoms with E-state index in [0.717, 1.165) is 0 Å². The molecule has 1 aromatic carbocycles. The Morgan fingerprint density at radius 2 is 2.00 bits per heavy atom. The quantitative estimate of drug-likeness (QED) is 0.252. The molecule has 0 bridgehead atoms. The molecule has 2 aromatic heterocycles. The van der Waals surface area contributed by atoms with Gasteiger partial charge in [-0.05, 0) is 43.4 Å². The fourth-order valence-corrected chi connectivity index (χ4v) is 4.65. The summed E-state index contributed by atoms with van der Waals surface area (Å²) in [6, 6.07) is 8.06. The summed E-state index contributed by atoms with van der Waals surface area (Å²) in [5, 5.41) is 18.8. The number of nitrogens with one attached hydrogen (secondary N) is 3. The summed E-state index contributed by atoms with van der Waals surface area (Å²) in [6.45, 7) is 8.65. The Balaban J connectivity index is 1.56. The highest BCUT2D eigenvalue weighted by atomic mass is 19.3. The monoisotopic (exact) mass is 538 g/mol. The number of benzene rings is 1. The molecule has 0 radical (unpaired) electrons. The van der Waals surface area contributed by atoms with Crippen LogP contribution in [0.15, 0.2) is 42.5 Å². The largest absolute Gasteiger partial charge is 0.370 e. The van der Waals surface area contributed by atoms with Gasteiger partial charge in [0.05, 0.1) is 17.3 Å². The molecule has 1 fully saturated rings. The van der Waals surface area contributed by atoms with Gasteiger partial charge in [0.2, 0.25) is 5.95 Å². The molecule has 0 amide bonds. The molecule has 9 nitrogen and oxygen atoms in total. The normalized spacial score (nSPS) is 17.2. The van der Waals surface area contributed by atoms with Crippen molar-refractivity contribution in [2.45, 2.75) is 58.5 Å². The van der Waals surface area contributed by atoms with Crippen molar-refractivity contribution in [1.82, 2.24) is 25.5 Å². The van der Waals surface area contributed by atoms with Gasteiger partial charge < -0.3 is 10.6 Å². The summed E-state index contributed by atoms with van der Waals surface area (Å²) in [5.41, 5.74) is 6.61. The lowest BCUT2D eigenvalue weighted by Crippen LogP contribution is -2.92. The second-order valence-electron chi connectivity index (χ2n) is 11.2. The van der Waals surface area contributed by atoms with Crippen LogP contribution in [0.4, 0.5) is 24.7 Å². The second-order valence-corrected chi connectivity index (χ2v) is 11.2. The lowest BCUT2D eigenvalue weighted by atomic mass is 9.97. The number of nitrogens with two attached hydrogens (primary N) is 1. The Labute approximate surface area is 224 Å². The minimum absolute atomic E-state index is 0.00972. The Kier molecular flexibility index (Phi) is 6.82. The summed E-state index contributed by atoms with van der Waals surface area (Å²) < 4.78 is 41.5. The predicted octanol–water partition coefficient (Wildman–Crippen LogP) is 3.89. The molecule has 1 aliphatic heterocycles.